The number of rotatable bonds is 9. The maximum Gasteiger partial charge on any atom is 0.264 e. The van der Waals surface area contributed by atoms with E-state index in [0.29, 0.717) is 33.8 Å². The quantitative estimate of drug-likeness (QED) is 0.388. The summed E-state index contributed by atoms with van der Waals surface area (Å²) >= 11 is 14.0. The molecule has 0 aliphatic heterocycles. The number of para-hydroxylation sites is 1. The Morgan fingerprint density at radius 3 is 2.25 bits per heavy atom. The summed E-state index contributed by atoms with van der Waals surface area (Å²) in [5.74, 6) is 0.934. The number of nitrogens with zero attached hydrogens (tertiary/aromatic N) is 1. The fourth-order valence-corrected chi connectivity index (χ4v) is 5.83. The molecular weight excluding hydrogens is 487 g/mol. The van der Waals surface area contributed by atoms with Crippen molar-refractivity contribution in [3.8, 4) is 0 Å². The summed E-state index contributed by atoms with van der Waals surface area (Å²) in [6.45, 7) is 0.412. The van der Waals surface area contributed by atoms with Crippen LogP contribution in [0.25, 0.3) is 0 Å². The van der Waals surface area contributed by atoms with Gasteiger partial charge in [0.15, 0.2) is 0 Å². The van der Waals surface area contributed by atoms with Crippen LogP contribution in [0.4, 0.5) is 5.69 Å². The maximum atomic E-state index is 13.0. The second-order valence-electron chi connectivity index (χ2n) is 6.81. The van der Waals surface area contributed by atoms with Crippen molar-refractivity contribution in [2.75, 3.05) is 23.7 Å². The molecule has 0 radical (unpaired) electrons. The number of carbonyl (C=O) groups excluding carboxylic acids is 1. The summed E-state index contributed by atoms with van der Waals surface area (Å²) in [5, 5.41) is 4.09. The number of amides is 1. The lowest BCUT2D eigenvalue weighted by Crippen LogP contribution is -2.31. The Morgan fingerprint density at radius 2 is 1.56 bits per heavy atom. The van der Waals surface area contributed by atoms with Crippen LogP contribution in [0.2, 0.25) is 10.0 Å². The van der Waals surface area contributed by atoms with Crippen molar-refractivity contribution >= 4 is 56.6 Å². The first-order valence-corrected chi connectivity index (χ1v) is 13.1. The third-order valence-electron chi connectivity index (χ3n) is 4.73. The van der Waals surface area contributed by atoms with Crippen molar-refractivity contribution in [1.82, 2.24) is 5.32 Å². The minimum atomic E-state index is -3.79. The Kier molecular flexibility index (Phi) is 8.48. The minimum Gasteiger partial charge on any atom is -0.351 e. The molecule has 0 heterocycles. The molecule has 0 aliphatic rings. The van der Waals surface area contributed by atoms with Crippen LogP contribution >= 0.6 is 35.0 Å². The molecule has 3 rings (SSSR count). The molecule has 0 atom stereocenters. The number of anilines is 1. The van der Waals surface area contributed by atoms with Gasteiger partial charge in [-0.1, -0.05) is 59.6 Å². The van der Waals surface area contributed by atoms with Crippen molar-refractivity contribution in [3.63, 3.8) is 0 Å². The summed E-state index contributed by atoms with van der Waals surface area (Å²) in [5.41, 5.74) is 1.46. The molecule has 1 amide bonds. The first-order chi connectivity index (χ1) is 15.3. The smallest absolute Gasteiger partial charge is 0.264 e. The number of hydrogen-bond donors (Lipinski definition) is 1. The summed E-state index contributed by atoms with van der Waals surface area (Å²) in [6, 6.07) is 20.1. The number of nitrogens with one attached hydrogen (secondary N) is 1. The largest absolute Gasteiger partial charge is 0.351 e. The van der Waals surface area contributed by atoms with E-state index in [2.05, 4.69) is 5.32 Å². The van der Waals surface area contributed by atoms with Crippen LogP contribution in [0.1, 0.15) is 15.9 Å². The molecule has 0 fully saturated rings. The van der Waals surface area contributed by atoms with Crippen LogP contribution in [-0.4, -0.2) is 33.7 Å². The van der Waals surface area contributed by atoms with E-state index in [4.69, 9.17) is 23.2 Å². The summed E-state index contributed by atoms with van der Waals surface area (Å²) in [4.78, 5) is 13.0. The van der Waals surface area contributed by atoms with Gasteiger partial charge in [-0.2, -0.15) is 11.8 Å². The normalized spacial score (nSPS) is 11.2. The Morgan fingerprint density at radius 1 is 0.938 bits per heavy atom. The van der Waals surface area contributed by atoms with E-state index in [1.54, 1.807) is 72.4 Å². The van der Waals surface area contributed by atoms with Crippen LogP contribution in [0.15, 0.2) is 77.7 Å². The Hall–Kier alpha value is -2.19. The number of sulfonamides is 1. The number of carbonyl (C=O) groups is 1. The standard InChI is InChI=1S/C23H22Cl2N2O3S2/c1-27(32(29,30)17-8-3-2-4-9-17)22-13-6-5-10-18(22)23(28)26-14-15-31-16-19-20(24)11-7-12-21(19)25/h2-13H,14-16H2,1H3,(H,26,28). The highest BCUT2D eigenvalue weighted by atomic mass is 35.5. The van der Waals surface area contributed by atoms with Gasteiger partial charge in [-0.3, -0.25) is 9.10 Å². The first-order valence-electron chi connectivity index (χ1n) is 9.74. The van der Waals surface area contributed by atoms with Gasteiger partial charge in [0.1, 0.15) is 0 Å². The lowest BCUT2D eigenvalue weighted by atomic mass is 10.1. The van der Waals surface area contributed by atoms with Gasteiger partial charge >= 0.3 is 0 Å². The molecule has 3 aromatic rings. The highest BCUT2D eigenvalue weighted by Crippen LogP contribution is 2.28. The zero-order valence-electron chi connectivity index (χ0n) is 17.3. The molecule has 1 N–H and O–H groups in total. The summed E-state index contributed by atoms with van der Waals surface area (Å²) in [6.07, 6.45) is 0. The van der Waals surface area contributed by atoms with Gasteiger partial charge in [0, 0.05) is 35.1 Å². The third kappa shape index (κ3) is 5.78. The highest BCUT2D eigenvalue weighted by Gasteiger charge is 2.24. The van der Waals surface area contributed by atoms with Gasteiger partial charge in [-0.25, -0.2) is 8.42 Å². The van der Waals surface area contributed by atoms with Crippen molar-refractivity contribution in [2.45, 2.75) is 10.6 Å². The molecule has 0 aliphatic carbocycles. The second kappa shape index (κ2) is 11.1. The van der Waals surface area contributed by atoms with E-state index < -0.39 is 10.0 Å². The van der Waals surface area contributed by atoms with Crippen LogP contribution in [0, 0.1) is 0 Å². The Bertz CT molecular complexity index is 1170. The monoisotopic (exact) mass is 508 g/mol. The van der Waals surface area contributed by atoms with Gasteiger partial charge in [0.25, 0.3) is 15.9 Å². The number of hydrogen-bond acceptors (Lipinski definition) is 4. The van der Waals surface area contributed by atoms with Crippen molar-refractivity contribution in [3.05, 3.63) is 94.0 Å². The molecule has 3 aromatic carbocycles. The summed E-state index contributed by atoms with van der Waals surface area (Å²) in [7, 11) is -2.35. The van der Waals surface area contributed by atoms with Gasteiger partial charge in [0.2, 0.25) is 0 Å². The van der Waals surface area contributed by atoms with Crippen molar-refractivity contribution < 1.29 is 13.2 Å². The van der Waals surface area contributed by atoms with Crippen molar-refractivity contribution in [2.24, 2.45) is 0 Å². The van der Waals surface area contributed by atoms with Crippen molar-refractivity contribution in [1.29, 1.82) is 0 Å². The average molecular weight is 509 g/mol. The second-order valence-corrected chi connectivity index (χ2v) is 10.7. The molecule has 0 spiro atoms. The van der Waals surface area contributed by atoms with Gasteiger partial charge < -0.3 is 5.32 Å². The predicted octanol–water partition coefficient (Wildman–Crippen LogP) is 5.48. The fourth-order valence-electron chi connectivity index (χ4n) is 3.00. The molecule has 0 saturated carbocycles. The average Bonchev–Trinajstić information content (AvgIpc) is 2.80. The molecule has 5 nitrogen and oxygen atoms in total. The molecular formula is C23H22Cl2N2O3S2. The molecule has 0 saturated heterocycles. The maximum absolute atomic E-state index is 13.0. The van der Waals surface area contributed by atoms with Gasteiger partial charge in [-0.05, 0) is 42.0 Å². The van der Waals surface area contributed by atoms with Gasteiger partial charge in [-0.15, -0.1) is 0 Å². The highest BCUT2D eigenvalue weighted by molar-refractivity contribution is 7.98. The molecule has 0 unspecified atom stereocenters. The predicted molar refractivity (Wildman–Crippen MR) is 133 cm³/mol. The topological polar surface area (TPSA) is 66.5 Å². The van der Waals surface area contributed by atoms with Crippen LogP contribution in [-0.2, 0) is 15.8 Å². The van der Waals surface area contributed by atoms with E-state index in [-0.39, 0.29) is 16.4 Å². The molecule has 0 aromatic heterocycles. The third-order valence-corrected chi connectivity index (χ3v) is 8.21. The van der Waals surface area contributed by atoms with Crippen LogP contribution in [0.3, 0.4) is 0 Å². The number of benzene rings is 3. The lowest BCUT2D eigenvalue weighted by Gasteiger charge is -2.22. The van der Waals surface area contributed by atoms with E-state index in [9.17, 15) is 13.2 Å². The zero-order valence-corrected chi connectivity index (χ0v) is 20.4. The lowest BCUT2D eigenvalue weighted by molar-refractivity contribution is 0.0957. The molecule has 168 valence electrons. The van der Waals surface area contributed by atoms with E-state index in [0.717, 1.165) is 9.87 Å². The molecule has 9 heteroatoms. The van der Waals surface area contributed by atoms with Crippen LogP contribution in [0.5, 0.6) is 0 Å². The zero-order chi connectivity index (χ0) is 23.1. The van der Waals surface area contributed by atoms with E-state index in [1.807, 2.05) is 0 Å². The van der Waals surface area contributed by atoms with E-state index in [1.165, 1.54) is 19.2 Å². The minimum absolute atomic E-state index is 0.160. The SMILES string of the molecule is CN(c1ccccc1C(=O)NCCSCc1c(Cl)cccc1Cl)S(=O)(=O)c1ccccc1. The van der Waals surface area contributed by atoms with Crippen LogP contribution < -0.4 is 9.62 Å². The fraction of sp³-hybridized carbons (Fsp3) is 0.174. The van der Waals surface area contributed by atoms with Gasteiger partial charge in [0.05, 0.1) is 16.1 Å². The molecule has 32 heavy (non-hydrogen) atoms. The Balaban J connectivity index is 1.63. The molecule has 0 bridgehead atoms. The van der Waals surface area contributed by atoms with E-state index >= 15 is 0 Å². The Labute approximate surface area is 202 Å². The number of halogens is 2. The first kappa shape index (κ1) is 24.5. The number of thioether (sulfide) groups is 1. The summed E-state index contributed by atoms with van der Waals surface area (Å²) < 4.78 is 27.1.